The van der Waals surface area contributed by atoms with E-state index in [1.54, 1.807) is 0 Å². The Morgan fingerprint density at radius 2 is 1.64 bits per heavy atom. The molecule has 0 spiro atoms. The molecular weight excluding hydrogens is 410 g/mol. The van der Waals surface area contributed by atoms with Crippen LogP contribution >= 0.6 is 0 Å². The van der Waals surface area contributed by atoms with Crippen LogP contribution in [0.1, 0.15) is 29.5 Å². The first-order valence-electron chi connectivity index (χ1n) is 11.5. The first-order chi connectivity index (χ1) is 16.0. The van der Waals surface area contributed by atoms with E-state index >= 15 is 0 Å². The van der Waals surface area contributed by atoms with Crippen LogP contribution in [-0.4, -0.2) is 37.4 Å². The summed E-state index contributed by atoms with van der Waals surface area (Å²) in [6.07, 6.45) is 1.84. The highest BCUT2D eigenvalue weighted by Crippen LogP contribution is 2.25. The van der Waals surface area contributed by atoms with Gasteiger partial charge in [0.05, 0.1) is 6.42 Å². The van der Waals surface area contributed by atoms with Gasteiger partial charge in [0.25, 0.3) is 0 Å². The predicted molar refractivity (Wildman–Crippen MR) is 133 cm³/mol. The molecule has 5 heteroatoms. The number of nitrogens with one attached hydrogen (secondary N) is 1. The Hall–Kier alpha value is -3.44. The van der Waals surface area contributed by atoms with E-state index in [-0.39, 0.29) is 11.8 Å². The average molecular weight is 442 g/mol. The van der Waals surface area contributed by atoms with Gasteiger partial charge in [-0.2, -0.15) is 0 Å². The van der Waals surface area contributed by atoms with E-state index in [1.807, 2.05) is 41.3 Å². The number of rotatable bonds is 8. The molecule has 1 saturated heterocycles. The first-order valence-corrected chi connectivity index (χ1v) is 11.5. The van der Waals surface area contributed by atoms with Gasteiger partial charge in [-0.1, -0.05) is 60.7 Å². The van der Waals surface area contributed by atoms with Crippen molar-refractivity contribution in [1.82, 2.24) is 10.2 Å². The highest BCUT2D eigenvalue weighted by atomic mass is 16.2. The minimum Gasteiger partial charge on any atom is -0.352 e. The molecule has 1 fully saturated rings. The van der Waals surface area contributed by atoms with Gasteiger partial charge in [0.15, 0.2) is 0 Å². The predicted octanol–water partition coefficient (Wildman–Crippen LogP) is 4.40. The third-order valence-corrected chi connectivity index (χ3v) is 5.94. The Morgan fingerprint density at radius 3 is 2.30 bits per heavy atom. The average Bonchev–Trinajstić information content (AvgIpc) is 3.24. The van der Waals surface area contributed by atoms with E-state index in [0.29, 0.717) is 19.4 Å². The molecule has 1 heterocycles. The summed E-state index contributed by atoms with van der Waals surface area (Å²) < 4.78 is 0. The lowest BCUT2D eigenvalue weighted by Crippen LogP contribution is -2.25. The SMILES string of the molecule is CN(C)Cc1ccc(-c2ccccc2CNC(=O)Cc2ccc(N3CCCC3=O)cc2)cc1. The van der Waals surface area contributed by atoms with Gasteiger partial charge < -0.3 is 15.1 Å². The Labute approximate surface area is 196 Å². The van der Waals surface area contributed by atoms with Crippen LogP contribution in [0.15, 0.2) is 72.8 Å². The summed E-state index contributed by atoms with van der Waals surface area (Å²) in [6, 6.07) is 24.5. The third kappa shape index (κ3) is 5.88. The van der Waals surface area contributed by atoms with Crippen molar-refractivity contribution in [3.05, 3.63) is 89.5 Å². The second-order valence-electron chi connectivity index (χ2n) is 8.86. The van der Waals surface area contributed by atoms with Gasteiger partial charge in [0.1, 0.15) is 0 Å². The maximum absolute atomic E-state index is 12.6. The fourth-order valence-electron chi connectivity index (χ4n) is 4.27. The van der Waals surface area contributed by atoms with Crippen molar-refractivity contribution in [2.75, 3.05) is 25.5 Å². The lowest BCUT2D eigenvalue weighted by Gasteiger charge is -2.16. The molecule has 5 nitrogen and oxygen atoms in total. The van der Waals surface area contributed by atoms with Crippen molar-refractivity contribution in [3.63, 3.8) is 0 Å². The lowest BCUT2D eigenvalue weighted by atomic mass is 9.98. The van der Waals surface area contributed by atoms with Gasteiger partial charge in [-0.05, 0) is 60.5 Å². The fraction of sp³-hybridized carbons (Fsp3) is 0.286. The van der Waals surface area contributed by atoms with Crippen LogP contribution < -0.4 is 10.2 Å². The topological polar surface area (TPSA) is 52.7 Å². The minimum absolute atomic E-state index is 0.0175. The quantitative estimate of drug-likeness (QED) is 0.564. The summed E-state index contributed by atoms with van der Waals surface area (Å²) in [4.78, 5) is 28.5. The van der Waals surface area contributed by atoms with E-state index in [0.717, 1.165) is 47.5 Å². The summed E-state index contributed by atoms with van der Waals surface area (Å²) in [5, 5.41) is 3.06. The smallest absolute Gasteiger partial charge is 0.227 e. The van der Waals surface area contributed by atoms with E-state index in [2.05, 4.69) is 60.7 Å². The van der Waals surface area contributed by atoms with E-state index < -0.39 is 0 Å². The van der Waals surface area contributed by atoms with Crippen LogP contribution in [0.25, 0.3) is 11.1 Å². The Balaban J connectivity index is 1.36. The zero-order valence-electron chi connectivity index (χ0n) is 19.4. The molecule has 170 valence electrons. The molecular formula is C28H31N3O2. The molecule has 4 rings (SSSR count). The molecule has 1 aliphatic heterocycles. The molecule has 0 radical (unpaired) electrons. The van der Waals surface area contributed by atoms with Crippen molar-refractivity contribution in [2.24, 2.45) is 0 Å². The van der Waals surface area contributed by atoms with Crippen molar-refractivity contribution in [2.45, 2.75) is 32.4 Å². The normalized spacial score (nSPS) is 13.5. The number of hydrogen-bond acceptors (Lipinski definition) is 3. The highest BCUT2D eigenvalue weighted by molar-refractivity contribution is 5.95. The van der Waals surface area contributed by atoms with Crippen LogP contribution in [0, 0.1) is 0 Å². The van der Waals surface area contributed by atoms with Crippen molar-refractivity contribution >= 4 is 17.5 Å². The molecule has 0 atom stereocenters. The van der Waals surface area contributed by atoms with Crippen molar-refractivity contribution in [3.8, 4) is 11.1 Å². The molecule has 1 aliphatic rings. The largest absolute Gasteiger partial charge is 0.352 e. The molecule has 3 aromatic rings. The maximum Gasteiger partial charge on any atom is 0.227 e. The van der Waals surface area contributed by atoms with Crippen LogP contribution in [0.3, 0.4) is 0 Å². The summed E-state index contributed by atoms with van der Waals surface area (Å²) in [6.45, 7) is 2.17. The fourth-order valence-corrected chi connectivity index (χ4v) is 4.27. The van der Waals surface area contributed by atoms with Gasteiger partial charge in [-0.15, -0.1) is 0 Å². The number of benzene rings is 3. The summed E-state index contributed by atoms with van der Waals surface area (Å²) >= 11 is 0. The molecule has 0 bridgehead atoms. The molecule has 2 amide bonds. The molecule has 0 unspecified atom stereocenters. The molecule has 0 aromatic heterocycles. The Bertz CT molecular complexity index is 1100. The van der Waals surface area contributed by atoms with Crippen LogP contribution in [0.5, 0.6) is 0 Å². The molecule has 0 aliphatic carbocycles. The summed E-state index contributed by atoms with van der Waals surface area (Å²) in [5.74, 6) is 0.155. The molecule has 1 N–H and O–H groups in total. The monoisotopic (exact) mass is 441 g/mol. The van der Waals surface area contributed by atoms with E-state index in [9.17, 15) is 9.59 Å². The van der Waals surface area contributed by atoms with Gasteiger partial charge in [-0.3, -0.25) is 9.59 Å². The Morgan fingerprint density at radius 1 is 0.939 bits per heavy atom. The zero-order chi connectivity index (χ0) is 23.2. The van der Waals surface area contributed by atoms with Gasteiger partial charge in [0.2, 0.25) is 11.8 Å². The minimum atomic E-state index is -0.0175. The molecule has 3 aromatic carbocycles. The van der Waals surface area contributed by atoms with E-state index in [1.165, 1.54) is 5.56 Å². The van der Waals surface area contributed by atoms with Crippen LogP contribution in [0.4, 0.5) is 5.69 Å². The van der Waals surface area contributed by atoms with Crippen LogP contribution in [0.2, 0.25) is 0 Å². The van der Waals surface area contributed by atoms with Crippen molar-refractivity contribution in [1.29, 1.82) is 0 Å². The van der Waals surface area contributed by atoms with Crippen LogP contribution in [-0.2, 0) is 29.1 Å². The highest BCUT2D eigenvalue weighted by Gasteiger charge is 2.21. The van der Waals surface area contributed by atoms with E-state index in [4.69, 9.17) is 0 Å². The third-order valence-electron chi connectivity index (χ3n) is 5.94. The van der Waals surface area contributed by atoms with Gasteiger partial charge >= 0.3 is 0 Å². The standard InChI is InChI=1S/C28H31N3O2/c1-30(2)20-22-9-13-23(14-10-22)26-7-4-3-6-24(26)19-29-27(32)18-21-11-15-25(16-12-21)31-17-5-8-28(31)33/h3-4,6-7,9-16H,5,8,17-20H2,1-2H3,(H,29,32). The van der Waals surface area contributed by atoms with Crippen molar-refractivity contribution < 1.29 is 9.59 Å². The maximum atomic E-state index is 12.6. The number of amides is 2. The number of nitrogens with zero attached hydrogens (tertiary/aromatic N) is 2. The number of carbonyl (C=O) groups excluding carboxylic acids is 2. The second kappa shape index (κ2) is 10.5. The molecule has 33 heavy (non-hydrogen) atoms. The summed E-state index contributed by atoms with van der Waals surface area (Å²) in [5.41, 5.74) is 6.49. The number of carbonyl (C=O) groups is 2. The second-order valence-corrected chi connectivity index (χ2v) is 8.86. The lowest BCUT2D eigenvalue weighted by molar-refractivity contribution is -0.120. The summed E-state index contributed by atoms with van der Waals surface area (Å²) in [7, 11) is 4.13. The first kappa shape index (κ1) is 22.7. The number of hydrogen-bond donors (Lipinski definition) is 1. The van der Waals surface area contributed by atoms with Gasteiger partial charge in [-0.25, -0.2) is 0 Å². The van der Waals surface area contributed by atoms with Gasteiger partial charge in [0, 0.05) is 31.7 Å². The Kier molecular flexibility index (Phi) is 7.20. The number of anilines is 1. The zero-order valence-corrected chi connectivity index (χ0v) is 19.4. The molecule has 0 saturated carbocycles.